The largest absolute Gasteiger partial charge is 0.465 e. The van der Waals surface area contributed by atoms with Crippen LogP contribution >= 0.6 is 0 Å². The van der Waals surface area contributed by atoms with E-state index in [1.54, 1.807) is 75.4 Å². The summed E-state index contributed by atoms with van der Waals surface area (Å²) in [5.41, 5.74) is 2.18. The molecule has 3 N–H and O–H groups in total. The average Bonchev–Trinajstić information content (AvgIpc) is 3.38. The summed E-state index contributed by atoms with van der Waals surface area (Å²) in [6, 6.07) is 17.1. The number of hydrogen-bond acceptors (Lipinski definition) is 8. The molecule has 0 bridgehead atoms. The summed E-state index contributed by atoms with van der Waals surface area (Å²) in [6.07, 6.45) is 0.123. The van der Waals surface area contributed by atoms with Crippen molar-refractivity contribution in [3.63, 3.8) is 0 Å². The van der Waals surface area contributed by atoms with Crippen molar-refractivity contribution in [1.82, 2.24) is 29.1 Å². The number of nitrogens with one attached hydrogen (secondary N) is 2. The van der Waals surface area contributed by atoms with Crippen molar-refractivity contribution in [3.8, 4) is 11.3 Å². The summed E-state index contributed by atoms with van der Waals surface area (Å²) in [4.78, 5) is 32.2. The summed E-state index contributed by atoms with van der Waals surface area (Å²) in [7, 11) is -3.73. The van der Waals surface area contributed by atoms with Crippen LogP contribution in [-0.4, -0.2) is 80.9 Å². The SMILES string of the molecule is CC(C)(C)NS(=O)(=O)c1cccc(-c2ccc3cnc(Nc4ccc(C5CN(C(=O)O)CCN5C(=O)OC(C)(C)C)cc4)nn23)c1. The van der Waals surface area contributed by atoms with E-state index in [-0.39, 0.29) is 24.5 Å². The Kier molecular flexibility index (Phi) is 8.71. The molecule has 4 aromatic rings. The van der Waals surface area contributed by atoms with Gasteiger partial charge in [-0.3, -0.25) is 4.90 Å². The van der Waals surface area contributed by atoms with E-state index in [0.717, 1.165) is 11.1 Å². The molecule has 1 unspecified atom stereocenters. The van der Waals surface area contributed by atoms with Crippen LogP contribution in [0, 0.1) is 0 Å². The van der Waals surface area contributed by atoms with Crippen LogP contribution in [0.5, 0.6) is 0 Å². The minimum atomic E-state index is -3.73. The lowest BCUT2D eigenvalue weighted by Crippen LogP contribution is -2.53. The minimum absolute atomic E-state index is 0.117. The molecule has 1 atom stereocenters. The number of rotatable bonds is 6. The highest BCUT2D eigenvalue weighted by Gasteiger charge is 2.36. The number of anilines is 2. The van der Waals surface area contributed by atoms with Crippen LogP contribution in [0.3, 0.4) is 0 Å². The van der Waals surface area contributed by atoms with Crippen molar-refractivity contribution in [1.29, 1.82) is 0 Å². The van der Waals surface area contributed by atoms with E-state index < -0.39 is 39.4 Å². The summed E-state index contributed by atoms with van der Waals surface area (Å²) >= 11 is 0. The summed E-state index contributed by atoms with van der Waals surface area (Å²) in [6.45, 7) is 11.2. The first kappa shape index (κ1) is 32.7. The monoisotopic (exact) mass is 649 g/mol. The number of hydrogen-bond donors (Lipinski definition) is 3. The van der Waals surface area contributed by atoms with Crippen LogP contribution in [0.25, 0.3) is 16.8 Å². The van der Waals surface area contributed by atoms with Crippen LogP contribution in [0.2, 0.25) is 0 Å². The smallest absolute Gasteiger partial charge is 0.410 e. The van der Waals surface area contributed by atoms with Gasteiger partial charge in [0.1, 0.15) is 5.60 Å². The summed E-state index contributed by atoms with van der Waals surface area (Å²) in [5, 5.41) is 17.4. The normalized spacial score (nSPS) is 16.0. The quantitative estimate of drug-likeness (QED) is 0.246. The van der Waals surface area contributed by atoms with Gasteiger partial charge in [0.15, 0.2) is 0 Å². The summed E-state index contributed by atoms with van der Waals surface area (Å²) in [5.74, 6) is 0.306. The third-order valence-corrected chi connectivity index (χ3v) is 8.87. The number of ether oxygens (including phenoxy) is 1. The third kappa shape index (κ3) is 7.57. The first-order valence-electron chi connectivity index (χ1n) is 14.8. The number of carbonyl (C=O) groups excluding carboxylic acids is 1. The summed E-state index contributed by atoms with van der Waals surface area (Å²) < 4.78 is 35.9. The fourth-order valence-corrected chi connectivity index (χ4v) is 6.62. The Labute approximate surface area is 268 Å². The molecule has 1 aliphatic heterocycles. The number of carbonyl (C=O) groups is 2. The van der Waals surface area contributed by atoms with Gasteiger partial charge in [-0.15, -0.1) is 5.10 Å². The van der Waals surface area contributed by atoms with E-state index in [0.29, 0.717) is 22.9 Å². The average molecular weight is 650 g/mol. The van der Waals surface area contributed by atoms with Crippen LogP contribution in [0.15, 0.2) is 71.8 Å². The number of carboxylic acid groups (broad SMARTS) is 1. The molecular weight excluding hydrogens is 610 g/mol. The maximum absolute atomic E-state index is 13.0. The predicted molar refractivity (Wildman–Crippen MR) is 174 cm³/mol. The standard InChI is InChI=1S/C32H39N7O6S/c1-31(2,3)36-46(43,44)25-9-7-8-22(18-25)26-15-14-24-19-33-28(35-39(24)26)34-23-12-10-21(11-13-23)27-20-37(29(40)41)16-17-38(27)30(42)45-32(4,5)6/h7-15,18-19,27,36H,16-17,20H2,1-6H3,(H,34,35)(H,40,41). The zero-order chi connectivity index (χ0) is 33.4. The molecule has 3 heterocycles. The second-order valence-corrected chi connectivity index (χ2v) is 14.9. The Balaban J connectivity index is 1.38. The van der Waals surface area contributed by atoms with Crippen molar-refractivity contribution < 1.29 is 27.9 Å². The van der Waals surface area contributed by atoms with E-state index >= 15 is 0 Å². The number of sulfonamides is 1. The highest BCUT2D eigenvalue weighted by atomic mass is 32.2. The molecule has 13 nitrogen and oxygen atoms in total. The zero-order valence-corrected chi connectivity index (χ0v) is 27.5. The van der Waals surface area contributed by atoms with Gasteiger partial charge in [-0.2, -0.15) is 0 Å². The second-order valence-electron chi connectivity index (χ2n) is 13.2. The second kappa shape index (κ2) is 12.2. The van der Waals surface area contributed by atoms with Crippen molar-refractivity contribution >= 4 is 39.4 Å². The van der Waals surface area contributed by atoms with E-state index in [4.69, 9.17) is 4.74 Å². The molecule has 0 saturated carbocycles. The Morgan fingerprint density at radius 3 is 2.35 bits per heavy atom. The maximum Gasteiger partial charge on any atom is 0.410 e. The number of amides is 2. The van der Waals surface area contributed by atoms with Crippen LogP contribution in [-0.2, 0) is 14.8 Å². The van der Waals surface area contributed by atoms with Gasteiger partial charge in [-0.1, -0.05) is 24.3 Å². The van der Waals surface area contributed by atoms with Crippen molar-refractivity contribution in [2.24, 2.45) is 0 Å². The van der Waals surface area contributed by atoms with Gasteiger partial charge in [0.05, 0.1) is 28.3 Å². The molecule has 14 heteroatoms. The molecular formula is C32H39N7O6S. The van der Waals surface area contributed by atoms with Gasteiger partial charge in [-0.25, -0.2) is 32.2 Å². The number of piperazine rings is 1. The van der Waals surface area contributed by atoms with Crippen molar-refractivity contribution in [2.75, 3.05) is 25.0 Å². The van der Waals surface area contributed by atoms with Crippen molar-refractivity contribution in [3.05, 3.63) is 72.4 Å². The first-order valence-corrected chi connectivity index (χ1v) is 16.3. The Morgan fingerprint density at radius 2 is 1.70 bits per heavy atom. The molecule has 2 amide bonds. The fourth-order valence-electron chi connectivity index (χ4n) is 5.16. The Bertz CT molecular complexity index is 1860. The Morgan fingerprint density at radius 1 is 0.978 bits per heavy atom. The molecule has 46 heavy (non-hydrogen) atoms. The van der Waals surface area contributed by atoms with Gasteiger partial charge in [0.2, 0.25) is 16.0 Å². The van der Waals surface area contributed by atoms with Crippen LogP contribution in [0.1, 0.15) is 53.1 Å². The minimum Gasteiger partial charge on any atom is -0.465 e. The van der Waals surface area contributed by atoms with Crippen molar-refractivity contribution in [2.45, 2.75) is 63.6 Å². The fraction of sp³-hybridized carbons (Fsp3) is 0.375. The number of benzene rings is 2. The van der Waals surface area contributed by atoms with E-state index in [9.17, 15) is 23.1 Å². The van der Waals surface area contributed by atoms with Gasteiger partial charge in [0.25, 0.3) is 0 Å². The molecule has 0 aliphatic carbocycles. The number of aromatic nitrogens is 3. The van der Waals surface area contributed by atoms with E-state index in [1.807, 2.05) is 42.5 Å². The van der Waals surface area contributed by atoms with Crippen LogP contribution < -0.4 is 10.0 Å². The molecule has 244 valence electrons. The highest BCUT2D eigenvalue weighted by Crippen LogP contribution is 2.30. The van der Waals surface area contributed by atoms with Gasteiger partial charge >= 0.3 is 12.2 Å². The predicted octanol–water partition coefficient (Wildman–Crippen LogP) is 5.49. The topological polar surface area (TPSA) is 158 Å². The first-order chi connectivity index (χ1) is 21.5. The van der Waals surface area contributed by atoms with E-state index in [1.165, 1.54) is 4.90 Å². The third-order valence-electron chi connectivity index (χ3n) is 7.11. The molecule has 2 aromatic heterocycles. The van der Waals surface area contributed by atoms with E-state index in [2.05, 4.69) is 20.1 Å². The number of nitrogens with zero attached hydrogens (tertiary/aromatic N) is 5. The lowest BCUT2D eigenvalue weighted by atomic mass is 10.0. The molecule has 0 radical (unpaired) electrons. The lowest BCUT2D eigenvalue weighted by molar-refractivity contribution is -0.000593. The molecule has 1 aliphatic rings. The van der Waals surface area contributed by atoms with Gasteiger partial charge in [-0.05, 0) is 83.5 Å². The van der Waals surface area contributed by atoms with Gasteiger partial charge in [0, 0.05) is 36.4 Å². The maximum atomic E-state index is 13.0. The van der Waals surface area contributed by atoms with Crippen LogP contribution in [0.4, 0.5) is 21.2 Å². The molecule has 5 rings (SSSR count). The number of fused-ring (bicyclic) bond motifs is 1. The molecule has 1 saturated heterocycles. The lowest BCUT2D eigenvalue weighted by Gasteiger charge is -2.41. The highest BCUT2D eigenvalue weighted by molar-refractivity contribution is 7.89. The molecule has 2 aromatic carbocycles. The molecule has 0 spiro atoms. The Hall–Kier alpha value is -4.69. The molecule has 1 fully saturated rings. The van der Waals surface area contributed by atoms with Gasteiger partial charge < -0.3 is 20.1 Å². The zero-order valence-electron chi connectivity index (χ0n) is 26.7.